The maximum absolute atomic E-state index is 5.62. The predicted molar refractivity (Wildman–Crippen MR) is 78.4 cm³/mol. The summed E-state index contributed by atoms with van der Waals surface area (Å²) in [6, 6.07) is 6.76. The van der Waals surface area contributed by atoms with Gasteiger partial charge in [0.15, 0.2) is 11.5 Å². The fourth-order valence-electron chi connectivity index (χ4n) is 2.23. The molecule has 1 aromatic carbocycles. The summed E-state index contributed by atoms with van der Waals surface area (Å²) in [5, 5.41) is 4.55. The van der Waals surface area contributed by atoms with Gasteiger partial charge in [-0.2, -0.15) is 0 Å². The summed E-state index contributed by atoms with van der Waals surface area (Å²) in [6.07, 6.45) is 4.59. The first-order valence-electron chi connectivity index (χ1n) is 6.96. The van der Waals surface area contributed by atoms with E-state index in [2.05, 4.69) is 10.3 Å². The highest BCUT2D eigenvalue weighted by Crippen LogP contribution is 2.35. The SMILES string of the molecule is c1cc2c(cc1-c1ncc(CNC3CC3)s1)OCCO2. The molecule has 2 heterocycles. The molecule has 0 bridgehead atoms. The molecule has 0 radical (unpaired) electrons. The summed E-state index contributed by atoms with van der Waals surface area (Å²) in [7, 11) is 0. The lowest BCUT2D eigenvalue weighted by molar-refractivity contribution is 0.171. The molecule has 2 aliphatic rings. The summed E-state index contributed by atoms with van der Waals surface area (Å²) < 4.78 is 11.2. The van der Waals surface area contributed by atoms with E-state index in [1.54, 1.807) is 11.3 Å². The van der Waals surface area contributed by atoms with Crippen LogP contribution >= 0.6 is 11.3 Å². The van der Waals surface area contributed by atoms with E-state index < -0.39 is 0 Å². The number of aromatic nitrogens is 1. The largest absolute Gasteiger partial charge is 0.486 e. The zero-order valence-corrected chi connectivity index (χ0v) is 11.9. The summed E-state index contributed by atoms with van der Waals surface area (Å²) in [4.78, 5) is 5.80. The van der Waals surface area contributed by atoms with Gasteiger partial charge in [0.25, 0.3) is 0 Å². The fourth-order valence-corrected chi connectivity index (χ4v) is 3.09. The standard InChI is InChI=1S/C15H16N2O2S/c1-4-13-14(19-6-5-18-13)7-10(1)15-17-9-12(20-15)8-16-11-2-3-11/h1,4,7,9,11,16H,2-3,5-6,8H2. The van der Waals surface area contributed by atoms with Gasteiger partial charge >= 0.3 is 0 Å². The minimum Gasteiger partial charge on any atom is -0.486 e. The van der Waals surface area contributed by atoms with Gasteiger partial charge < -0.3 is 14.8 Å². The van der Waals surface area contributed by atoms with Crippen LogP contribution in [0, 0.1) is 0 Å². The van der Waals surface area contributed by atoms with Crippen LogP contribution in [0.15, 0.2) is 24.4 Å². The average Bonchev–Trinajstić information content (AvgIpc) is 3.21. The zero-order chi connectivity index (χ0) is 13.4. The van der Waals surface area contributed by atoms with E-state index in [0.717, 1.165) is 34.7 Å². The Bertz CT molecular complexity index is 622. The second kappa shape index (κ2) is 5.07. The van der Waals surface area contributed by atoms with Crippen LogP contribution < -0.4 is 14.8 Å². The fraction of sp³-hybridized carbons (Fsp3) is 0.400. The average molecular weight is 288 g/mol. The van der Waals surface area contributed by atoms with Gasteiger partial charge in [0.2, 0.25) is 0 Å². The van der Waals surface area contributed by atoms with Crippen molar-refractivity contribution < 1.29 is 9.47 Å². The molecule has 0 amide bonds. The van der Waals surface area contributed by atoms with E-state index in [1.807, 2.05) is 24.4 Å². The quantitative estimate of drug-likeness (QED) is 0.939. The van der Waals surface area contributed by atoms with Gasteiger partial charge in [0, 0.05) is 29.2 Å². The van der Waals surface area contributed by atoms with Crippen molar-refractivity contribution in [2.24, 2.45) is 0 Å². The van der Waals surface area contributed by atoms with Crippen molar-refractivity contribution in [1.29, 1.82) is 0 Å². The third kappa shape index (κ3) is 2.51. The number of rotatable bonds is 4. The molecule has 4 nitrogen and oxygen atoms in total. The Labute approximate surface area is 121 Å². The van der Waals surface area contributed by atoms with E-state index >= 15 is 0 Å². The lowest BCUT2D eigenvalue weighted by Gasteiger charge is -2.18. The van der Waals surface area contributed by atoms with E-state index in [-0.39, 0.29) is 0 Å². The van der Waals surface area contributed by atoms with E-state index in [1.165, 1.54) is 17.7 Å². The maximum atomic E-state index is 5.62. The smallest absolute Gasteiger partial charge is 0.162 e. The Morgan fingerprint density at radius 3 is 2.90 bits per heavy atom. The Balaban J connectivity index is 1.53. The van der Waals surface area contributed by atoms with Crippen molar-refractivity contribution in [2.75, 3.05) is 13.2 Å². The molecule has 4 rings (SSSR count). The van der Waals surface area contributed by atoms with Gasteiger partial charge in [0.1, 0.15) is 18.2 Å². The van der Waals surface area contributed by atoms with E-state index in [0.29, 0.717) is 13.2 Å². The summed E-state index contributed by atoms with van der Waals surface area (Å²) in [5.74, 6) is 1.65. The molecule has 0 spiro atoms. The number of fused-ring (bicyclic) bond motifs is 1. The molecule has 1 aliphatic carbocycles. The monoisotopic (exact) mass is 288 g/mol. The van der Waals surface area contributed by atoms with Gasteiger partial charge in [-0.15, -0.1) is 11.3 Å². The molecule has 2 aromatic rings. The minimum absolute atomic E-state index is 0.616. The Hall–Kier alpha value is -1.59. The molecule has 1 saturated carbocycles. The number of hydrogen-bond donors (Lipinski definition) is 1. The predicted octanol–water partition coefficient (Wildman–Crippen LogP) is 2.83. The highest BCUT2D eigenvalue weighted by atomic mass is 32.1. The number of ether oxygens (including phenoxy) is 2. The summed E-state index contributed by atoms with van der Waals surface area (Å²) in [5.41, 5.74) is 1.09. The number of thiazole rings is 1. The lowest BCUT2D eigenvalue weighted by Crippen LogP contribution is -2.15. The van der Waals surface area contributed by atoms with Crippen LogP contribution in [0.5, 0.6) is 11.5 Å². The maximum Gasteiger partial charge on any atom is 0.162 e. The van der Waals surface area contributed by atoms with Crippen LogP contribution in [-0.4, -0.2) is 24.2 Å². The second-order valence-electron chi connectivity index (χ2n) is 5.15. The Morgan fingerprint density at radius 2 is 2.05 bits per heavy atom. The molecule has 1 fully saturated rings. The normalized spacial score (nSPS) is 17.2. The highest BCUT2D eigenvalue weighted by Gasteiger charge is 2.20. The van der Waals surface area contributed by atoms with Crippen LogP contribution in [0.25, 0.3) is 10.6 Å². The molecule has 5 heteroatoms. The van der Waals surface area contributed by atoms with Gasteiger partial charge in [-0.25, -0.2) is 4.98 Å². The van der Waals surface area contributed by atoms with E-state index in [9.17, 15) is 0 Å². The van der Waals surface area contributed by atoms with Gasteiger partial charge in [0.05, 0.1) is 0 Å². The number of hydrogen-bond acceptors (Lipinski definition) is 5. The van der Waals surface area contributed by atoms with Crippen LogP contribution in [0.4, 0.5) is 0 Å². The first kappa shape index (κ1) is 12.2. The molecule has 0 atom stereocenters. The number of benzene rings is 1. The topological polar surface area (TPSA) is 43.4 Å². The van der Waals surface area contributed by atoms with Crippen molar-refractivity contribution in [3.63, 3.8) is 0 Å². The molecule has 1 aliphatic heterocycles. The number of nitrogens with one attached hydrogen (secondary N) is 1. The van der Waals surface area contributed by atoms with Crippen molar-refractivity contribution in [3.05, 3.63) is 29.3 Å². The minimum atomic E-state index is 0.616. The molecule has 1 N–H and O–H groups in total. The van der Waals surface area contributed by atoms with Crippen LogP contribution in [0.3, 0.4) is 0 Å². The Kier molecular flexibility index (Phi) is 3.09. The molecule has 1 aromatic heterocycles. The zero-order valence-electron chi connectivity index (χ0n) is 11.1. The van der Waals surface area contributed by atoms with Gasteiger partial charge in [-0.1, -0.05) is 0 Å². The summed E-state index contributed by atoms with van der Waals surface area (Å²) >= 11 is 1.74. The first-order chi connectivity index (χ1) is 9.88. The van der Waals surface area contributed by atoms with Crippen LogP contribution in [0.2, 0.25) is 0 Å². The summed E-state index contributed by atoms with van der Waals surface area (Å²) in [6.45, 7) is 2.17. The third-order valence-electron chi connectivity index (χ3n) is 3.49. The van der Waals surface area contributed by atoms with Gasteiger partial charge in [-0.05, 0) is 31.0 Å². The lowest BCUT2D eigenvalue weighted by atomic mass is 10.2. The first-order valence-corrected chi connectivity index (χ1v) is 7.78. The van der Waals surface area contributed by atoms with Crippen molar-refractivity contribution in [3.8, 4) is 22.1 Å². The van der Waals surface area contributed by atoms with Crippen LogP contribution in [-0.2, 0) is 6.54 Å². The molecule has 20 heavy (non-hydrogen) atoms. The van der Waals surface area contributed by atoms with Crippen molar-refractivity contribution >= 4 is 11.3 Å². The van der Waals surface area contributed by atoms with Crippen molar-refractivity contribution in [2.45, 2.75) is 25.4 Å². The highest BCUT2D eigenvalue weighted by molar-refractivity contribution is 7.15. The van der Waals surface area contributed by atoms with Gasteiger partial charge in [-0.3, -0.25) is 0 Å². The van der Waals surface area contributed by atoms with E-state index in [4.69, 9.17) is 9.47 Å². The Morgan fingerprint density at radius 1 is 1.20 bits per heavy atom. The van der Waals surface area contributed by atoms with Crippen molar-refractivity contribution in [1.82, 2.24) is 10.3 Å². The number of nitrogens with zero attached hydrogens (tertiary/aromatic N) is 1. The molecular weight excluding hydrogens is 272 g/mol. The molecular formula is C15H16N2O2S. The third-order valence-corrected chi connectivity index (χ3v) is 4.53. The molecule has 104 valence electrons. The van der Waals surface area contributed by atoms with Crippen LogP contribution in [0.1, 0.15) is 17.7 Å². The second-order valence-corrected chi connectivity index (χ2v) is 6.26. The molecule has 0 unspecified atom stereocenters. The molecule has 0 saturated heterocycles.